The fraction of sp³-hybridized carbons (Fsp3) is 0.946. The first-order chi connectivity index (χ1) is 23.1. The van der Waals surface area contributed by atoms with Gasteiger partial charge >= 0.3 is 5.97 Å². The highest BCUT2D eigenvalue weighted by molar-refractivity contribution is 5.83. The van der Waals surface area contributed by atoms with E-state index < -0.39 is 102 Å². The topological polar surface area (TPSA) is 175 Å². The van der Waals surface area contributed by atoms with Crippen molar-refractivity contribution in [2.75, 3.05) is 21.2 Å². The van der Waals surface area contributed by atoms with E-state index in [0.29, 0.717) is 12.8 Å². The van der Waals surface area contributed by atoms with E-state index >= 15 is 0 Å². The number of hydrogen-bond donors (Lipinski definition) is 5. The summed E-state index contributed by atoms with van der Waals surface area (Å²) < 4.78 is 37.4. The highest BCUT2D eigenvalue weighted by Gasteiger charge is 2.52. The fourth-order valence-corrected chi connectivity index (χ4v) is 8.44. The van der Waals surface area contributed by atoms with Crippen molar-refractivity contribution in [1.82, 2.24) is 0 Å². The minimum atomic E-state index is -1.71. The van der Waals surface area contributed by atoms with Gasteiger partial charge in [-0.1, -0.05) is 34.6 Å². The van der Waals surface area contributed by atoms with Gasteiger partial charge in [-0.15, -0.1) is 0 Å². The smallest absolute Gasteiger partial charge is 0.311 e. The largest absolute Gasteiger partial charge is 0.462 e. The fourth-order valence-electron chi connectivity index (χ4n) is 8.44. The Bertz CT molecular complexity index is 1120. The van der Waals surface area contributed by atoms with Crippen LogP contribution >= 0.6 is 0 Å². The maximum absolute atomic E-state index is 14.0. The molecular formula is C37H68NO12+. The summed E-state index contributed by atoms with van der Waals surface area (Å²) in [7, 11) is 5.40. The Kier molecular flexibility index (Phi) is 14.9. The molecule has 0 unspecified atom stereocenters. The number of ether oxygens (including phenoxy) is 6. The van der Waals surface area contributed by atoms with E-state index in [1.165, 1.54) is 7.11 Å². The first-order valence-electron chi connectivity index (χ1n) is 18.6. The van der Waals surface area contributed by atoms with Gasteiger partial charge in [0, 0.05) is 43.6 Å². The van der Waals surface area contributed by atoms with Crippen molar-refractivity contribution in [2.24, 2.45) is 29.6 Å². The van der Waals surface area contributed by atoms with Gasteiger partial charge < -0.3 is 53.7 Å². The van der Waals surface area contributed by atoms with Gasteiger partial charge in [-0.2, -0.15) is 0 Å². The van der Waals surface area contributed by atoms with E-state index in [2.05, 4.69) is 0 Å². The maximum Gasteiger partial charge on any atom is 0.311 e. The predicted molar refractivity (Wildman–Crippen MR) is 184 cm³/mol. The quantitative estimate of drug-likeness (QED) is 0.239. The van der Waals surface area contributed by atoms with Crippen LogP contribution in [-0.4, -0.2) is 132 Å². The van der Waals surface area contributed by atoms with E-state index in [0.717, 1.165) is 4.90 Å². The number of nitrogens with one attached hydrogen (secondary N) is 1. The van der Waals surface area contributed by atoms with Crippen molar-refractivity contribution < 1.29 is 63.3 Å². The zero-order valence-electron chi connectivity index (χ0n) is 32.6. The van der Waals surface area contributed by atoms with E-state index in [9.17, 15) is 30.0 Å². The van der Waals surface area contributed by atoms with Gasteiger partial charge in [-0.05, 0) is 47.5 Å². The standard InChI is InChI=1S/C37H67NO12/c1-14-26-20(4)29(40)21(5)28(39)18(2)16-36(9,44)33(50-35-30(41)25(38(11)12)15-19(3)46-35)22(6)31(23(7)34(43)48-26)49-27-17-37(10,45-13)32(42)24(8)47-27/h18-27,29-33,35,40-42,44H,14-17H2,1-13H3/p+1/t18-,19-,20+,21+,22+,23-,24+,25+,26-,27+,29+,30-,31+,32+,33-,35+,36-,37-/m1/s1. The summed E-state index contributed by atoms with van der Waals surface area (Å²) in [5.41, 5.74) is -2.72. The van der Waals surface area contributed by atoms with Crippen LogP contribution in [0.4, 0.5) is 0 Å². The lowest BCUT2D eigenvalue weighted by Crippen LogP contribution is -3.12. The Morgan fingerprint density at radius 1 is 0.880 bits per heavy atom. The highest BCUT2D eigenvalue weighted by Crippen LogP contribution is 2.40. The number of Topliss-reactive ketones (excluding diaryl/α,β-unsaturated/α-hetero) is 1. The number of methoxy groups -OCH3 is 1. The molecule has 13 heteroatoms. The van der Waals surface area contributed by atoms with Crippen LogP contribution in [0, 0.1) is 29.6 Å². The highest BCUT2D eigenvalue weighted by atomic mass is 16.7. The molecule has 3 saturated heterocycles. The van der Waals surface area contributed by atoms with Gasteiger partial charge in [0.15, 0.2) is 18.7 Å². The number of likely N-dealkylation sites (N-methyl/N-ethyl adjacent to an activating group) is 1. The predicted octanol–water partition coefficient (Wildman–Crippen LogP) is 1.25. The Balaban J connectivity index is 2.16. The summed E-state index contributed by atoms with van der Waals surface area (Å²) in [6.07, 6.45) is -7.76. The van der Waals surface area contributed by atoms with Crippen molar-refractivity contribution in [3.63, 3.8) is 0 Å². The zero-order chi connectivity index (χ0) is 38.0. The lowest BCUT2D eigenvalue weighted by molar-refractivity contribution is -0.893. The van der Waals surface area contributed by atoms with Crippen molar-refractivity contribution >= 4 is 11.8 Å². The molecule has 3 heterocycles. The number of esters is 1. The van der Waals surface area contributed by atoms with Crippen LogP contribution in [0.25, 0.3) is 0 Å². The molecule has 50 heavy (non-hydrogen) atoms. The van der Waals surface area contributed by atoms with E-state index in [1.807, 2.05) is 27.9 Å². The Hall–Kier alpha value is -1.26. The van der Waals surface area contributed by atoms with Crippen LogP contribution in [0.1, 0.15) is 94.9 Å². The molecule has 0 aromatic heterocycles. The SMILES string of the molecule is CC[C@H]1OC(=O)[C@H](C)[C@@H](O[C@H]2C[C@@](C)(OC)[C@@H](O)[C@H](C)O2)[C@H](C)[C@@H](O[C@@H]2O[C@H](C)C[C@H]([NH+](C)C)[C@H]2O)[C@](C)(O)C[C@@H](C)C(=O)[C@H](C)[C@@H](O)[C@H]1C. The lowest BCUT2D eigenvalue weighted by atomic mass is 9.74. The van der Waals surface area contributed by atoms with Gasteiger partial charge in [0.25, 0.3) is 0 Å². The number of carbonyl (C=O) groups excluding carboxylic acids is 2. The molecule has 5 N–H and O–H groups in total. The van der Waals surface area contributed by atoms with Crippen molar-refractivity contribution in [3.05, 3.63) is 0 Å². The molecule has 0 aromatic rings. The maximum atomic E-state index is 14.0. The van der Waals surface area contributed by atoms with Crippen LogP contribution in [0.3, 0.4) is 0 Å². The molecule has 292 valence electrons. The van der Waals surface area contributed by atoms with Gasteiger partial charge in [0.05, 0.1) is 61.7 Å². The monoisotopic (exact) mass is 718 g/mol. The number of carbonyl (C=O) groups is 2. The van der Waals surface area contributed by atoms with Crippen molar-refractivity contribution in [2.45, 2.75) is 174 Å². The molecule has 3 aliphatic heterocycles. The minimum absolute atomic E-state index is 0.0410. The number of hydrogen-bond acceptors (Lipinski definition) is 12. The molecule has 0 amide bonds. The van der Waals surface area contributed by atoms with Gasteiger partial charge in [-0.25, -0.2) is 0 Å². The van der Waals surface area contributed by atoms with Crippen LogP contribution in [0.2, 0.25) is 0 Å². The minimum Gasteiger partial charge on any atom is -0.462 e. The molecule has 3 rings (SSSR count). The third-order valence-electron chi connectivity index (χ3n) is 11.9. The third kappa shape index (κ3) is 9.45. The van der Waals surface area contributed by atoms with E-state index in [1.54, 1.807) is 55.4 Å². The van der Waals surface area contributed by atoms with Crippen LogP contribution in [-0.2, 0) is 38.0 Å². The summed E-state index contributed by atoms with van der Waals surface area (Å²) in [4.78, 5) is 28.8. The molecule has 3 fully saturated rings. The zero-order valence-corrected chi connectivity index (χ0v) is 32.6. The Morgan fingerprint density at radius 3 is 2.06 bits per heavy atom. The van der Waals surface area contributed by atoms with Crippen LogP contribution in [0.5, 0.6) is 0 Å². The second kappa shape index (κ2) is 17.3. The lowest BCUT2D eigenvalue weighted by Gasteiger charge is -2.48. The molecule has 0 spiro atoms. The summed E-state index contributed by atoms with van der Waals surface area (Å²) in [6, 6.07) is -0.213. The number of aliphatic hydroxyl groups excluding tert-OH is 3. The van der Waals surface area contributed by atoms with Gasteiger partial charge in [-0.3, -0.25) is 9.59 Å². The molecule has 3 aliphatic rings. The third-order valence-corrected chi connectivity index (χ3v) is 11.9. The summed E-state index contributed by atoms with van der Waals surface area (Å²) in [5.74, 6) is -4.56. The molecule has 13 nitrogen and oxygen atoms in total. The van der Waals surface area contributed by atoms with Crippen molar-refractivity contribution in [1.29, 1.82) is 0 Å². The molecule has 0 bridgehead atoms. The van der Waals surface area contributed by atoms with Crippen LogP contribution < -0.4 is 4.90 Å². The van der Waals surface area contributed by atoms with E-state index in [4.69, 9.17) is 28.4 Å². The number of rotatable bonds is 7. The molecule has 18 atom stereocenters. The molecule has 0 radical (unpaired) electrons. The average Bonchev–Trinajstić information content (AvgIpc) is 3.05. The second-order valence-electron chi connectivity index (χ2n) is 16.4. The molecule has 0 saturated carbocycles. The normalized spacial score (nSPS) is 49.0. The number of ketones is 1. The Labute approximate surface area is 299 Å². The Morgan fingerprint density at radius 2 is 1.50 bits per heavy atom. The van der Waals surface area contributed by atoms with Crippen LogP contribution in [0.15, 0.2) is 0 Å². The molecule has 0 aliphatic carbocycles. The second-order valence-corrected chi connectivity index (χ2v) is 16.4. The number of cyclic esters (lactones) is 1. The summed E-state index contributed by atoms with van der Waals surface area (Å²) >= 11 is 0. The average molecular weight is 719 g/mol. The number of aliphatic hydroxyl groups is 4. The van der Waals surface area contributed by atoms with Crippen molar-refractivity contribution in [3.8, 4) is 0 Å². The molecular weight excluding hydrogens is 650 g/mol. The first-order valence-corrected chi connectivity index (χ1v) is 18.6. The number of quaternary nitrogens is 1. The van der Waals surface area contributed by atoms with E-state index in [-0.39, 0.29) is 30.8 Å². The van der Waals surface area contributed by atoms with Gasteiger partial charge in [0.1, 0.15) is 24.0 Å². The molecule has 0 aromatic carbocycles. The summed E-state index contributed by atoms with van der Waals surface area (Å²) in [6.45, 7) is 17.4. The van der Waals surface area contributed by atoms with Gasteiger partial charge in [0.2, 0.25) is 0 Å². The summed E-state index contributed by atoms with van der Waals surface area (Å²) in [5, 5.41) is 46.1. The first kappa shape index (κ1) is 43.1.